The van der Waals surface area contributed by atoms with E-state index in [9.17, 15) is 21.6 Å². The normalized spacial score (nSPS) is 12.4. The molecule has 27 heavy (non-hydrogen) atoms. The summed E-state index contributed by atoms with van der Waals surface area (Å²) in [6.07, 6.45) is -2.68. The third-order valence-electron chi connectivity index (χ3n) is 3.97. The maximum atomic E-state index is 13.2. The molecule has 1 heterocycles. The first-order chi connectivity index (χ1) is 12.5. The lowest BCUT2D eigenvalue weighted by atomic mass is 10.2. The van der Waals surface area contributed by atoms with E-state index in [0.29, 0.717) is 16.3 Å². The van der Waals surface area contributed by atoms with E-state index in [0.717, 1.165) is 18.0 Å². The second kappa shape index (κ2) is 6.69. The molecule has 9 heteroatoms. The summed E-state index contributed by atoms with van der Waals surface area (Å²) < 4.78 is 64.0. The van der Waals surface area contributed by atoms with Crippen LogP contribution in [0.2, 0.25) is 5.02 Å². The molecule has 0 amide bonds. The summed E-state index contributed by atoms with van der Waals surface area (Å²) >= 11 is 6.11. The molecule has 0 saturated carbocycles. The predicted octanol–water partition coefficient (Wildman–Crippen LogP) is 4.92. The van der Waals surface area contributed by atoms with Crippen molar-refractivity contribution in [1.29, 1.82) is 0 Å². The van der Waals surface area contributed by atoms with Crippen molar-refractivity contribution in [3.8, 4) is 17.1 Å². The lowest BCUT2D eigenvalue weighted by Crippen LogP contribution is -2.05. The molecule has 1 aromatic heterocycles. The predicted molar refractivity (Wildman–Crippen MR) is 96.9 cm³/mol. The highest BCUT2D eigenvalue weighted by atomic mass is 35.5. The Morgan fingerprint density at radius 2 is 1.70 bits per heavy atom. The van der Waals surface area contributed by atoms with Gasteiger partial charge in [0.2, 0.25) is 0 Å². The Balaban J connectivity index is 2.19. The van der Waals surface area contributed by atoms with Gasteiger partial charge in [0.15, 0.2) is 15.5 Å². The van der Waals surface area contributed by atoms with Crippen molar-refractivity contribution >= 4 is 21.4 Å². The average molecular weight is 415 g/mol. The van der Waals surface area contributed by atoms with E-state index in [1.54, 1.807) is 25.1 Å². The smallest absolute Gasteiger partial charge is 0.299 e. The molecular formula is C18H14ClF3N2O2S. The summed E-state index contributed by atoms with van der Waals surface area (Å²) in [6, 6.07) is 10.4. The van der Waals surface area contributed by atoms with E-state index in [4.69, 9.17) is 11.6 Å². The van der Waals surface area contributed by atoms with Crippen LogP contribution in [0.1, 0.15) is 11.3 Å². The van der Waals surface area contributed by atoms with Crippen LogP contribution in [0.15, 0.2) is 53.6 Å². The highest BCUT2D eigenvalue weighted by Crippen LogP contribution is 2.33. The number of benzene rings is 2. The van der Waals surface area contributed by atoms with Crippen molar-refractivity contribution < 1.29 is 21.6 Å². The summed E-state index contributed by atoms with van der Waals surface area (Å²) in [6.45, 7) is 1.78. The molecule has 0 N–H and O–H groups in total. The molecule has 3 aromatic rings. The SMILES string of the molecule is Cc1ccc(-n2cc(C(F)(F)F)nc2-c2ccc(S(C)(=O)=O)cc2)cc1Cl. The number of sulfone groups is 1. The molecule has 0 unspecified atom stereocenters. The summed E-state index contributed by atoms with van der Waals surface area (Å²) in [7, 11) is -3.42. The van der Waals surface area contributed by atoms with Gasteiger partial charge in [0.05, 0.1) is 4.90 Å². The monoisotopic (exact) mass is 414 g/mol. The van der Waals surface area contributed by atoms with Crippen LogP contribution in [-0.4, -0.2) is 24.2 Å². The Labute approximate surface area is 159 Å². The van der Waals surface area contributed by atoms with Crippen LogP contribution in [0.3, 0.4) is 0 Å². The Morgan fingerprint density at radius 1 is 1.07 bits per heavy atom. The highest BCUT2D eigenvalue weighted by molar-refractivity contribution is 7.90. The van der Waals surface area contributed by atoms with Crippen LogP contribution in [-0.2, 0) is 16.0 Å². The van der Waals surface area contributed by atoms with Gasteiger partial charge in [-0.25, -0.2) is 13.4 Å². The van der Waals surface area contributed by atoms with E-state index in [1.165, 1.54) is 28.8 Å². The highest BCUT2D eigenvalue weighted by Gasteiger charge is 2.35. The molecule has 0 fully saturated rings. The first kappa shape index (κ1) is 19.4. The minimum Gasteiger partial charge on any atom is -0.299 e. The number of nitrogens with zero attached hydrogens (tertiary/aromatic N) is 2. The van der Waals surface area contributed by atoms with Gasteiger partial charge >= 0.3 is 6.18 Å². The fraction of sp³-hybridized carbons (Fsp3) is 0.167. The second-order valence-electron chi connectivity index (χ2n) is 6.05. The number of hydrogen-bond acceptors (Lipinski definition) is 3. The summed E-state index contributed by atoms with van der Waals surface area (Å²) in [5.74, 6) is 0.0299. The van der Waals surface area contributed by atoms with Crippen LogP contribution in [0.4, 0.5) is 13.2 Å². The molecule has 0 spiro atoms. The number of hydrogen-bond donors (Lipinski definition) is 0. The topological polar surface area (TPSA) is 52.0 Å². The van der Waals surface area contributed by atoms with E-state index in [1.807, 2.05) is 0 Å². The molecule has 0 atom stereocenters. The Morgan fingerprint density at radius 3 is 2.22 bits per heavy atom. The van der Waals surface area contributed by atoms with Gasteiger partial charge in [-0.1, -0.05) is 17.7 Å². The zero-order valence-electron chi connectivity index (χ0n) is 14.2. The van der Waals surface area contributed by atoms with Gasteiger partial charge in [-0.05, 0) is 48.9 Å². The first-order valence-corrected chi connectivity index (χ1v) is 9.97. The third kappa shape index (κ3) is 4.01. The standard InChI is InChI=1S/C18H14ClF3N2O2S/c1-11-3-6-13(9-15(11)19)24-10-16(18(20,21)22)23-17(24)12-4-7-14(8-5-12)27(2,25)26/h3-10H,1-2H3. The van der Waals surface area contributed by atoms with Gasteiger partial charge in [-0.15, -0.1) is 0 Å². The number of halogens is 4. The van der Waals surface area contributed by atoms with E-state index in [-0.39, 0.29) is 10.7 Å². The second-order valence-corrected chi connectivity index (χ2v) is 8.47. The Bertz CT molecular complexity index is 1100. The van der Waals surface area contributed by atoms with Gasteiger partial charge in [0.25, 0.3) is 0 Å². The van der Waals surface area contributed by atoms with Crippen LogP contribution in [0.25, 0.3) is 17.1 Å². The van der Waals surface area contributed by atoms with Crippen LogP contribution < -0.4 is 0 Å². The maximum absolute atomic E-state index is 13.2. The Hall–Kier alpha value is -2.32. The number of alkyl halides is 3. The zero-order chi connectivity index (χ0) is 20.0. The molecule has 0 radical (unpaired) electrons. The van der Waals surface area contributed by atoms with Crippen molar-refractivity contribution in [1.82, 2.24) is 9.55 Å². The van der Waals surface area contributed by atoms with E-state index < -0.39 is 21.7 Å². The van der Waals surface area contributed by atoms with Gasteiger partial charge in [0.1, 0.15) is 5.82 Å². The minimum absolute atomic E-state index is 0.0299. The van der Waals surface area contributed by atoms with Crippen LogP contribution >= 0.6 is 11.6 Å². The van der Waals surface area contributed by atoms with Gasteiger partial charge in [0, 0.05) is 28.7 Å². The van der Waals surface area contributed by atoms with Crippen molar-refractivity contribution in [3.05, 3.63) is 64.9 Å². The molecule has 0 saturated heterocycles. The molecule has 142 valence electrons. The number of imidazole rings is 1. The largest absolute Gasteiger partial charge is 0.434 e. The van der Waals surface area contributed by atoms with Crippen molar-refractivity contribution in [2.75, 3.05) is 6.26 Å². The van der Waals surface area contributed by atoms with Crippen LogP contribution in [0, 0.1) is 6.92 Å². The summed E-state index contributed by atoms with van der Waals surface area (Å²) in [4.78, 5) is 3.79. The third-order valence-corrected chi connectivity index (χ3v) is 5.51. The summed E-state index contributed by atoms with van der Waals surface area (Å²) in [5, 5.41) is 0.410. The summed E-state index contributed by atoms with van der Waals surface area (Å²) in [5.41, 5.74) is 0.488. The Kier molecular flexibility index (Phi) is 4.81. The molecule has 2 aromatic carbocycles. The van der Waals surface area contributed by atoms with Crippen molar-refractivity contribution in [3.63, 3.8) is 0 Å². The lowest BCUT2D eigenvalue weighted by Gasteiger charge is -2.10. The number of aromatic nitrogens is 2. The lowest BCUT2D eigenvalue weighted by molar-refractivity contribution is -0.140. The maximum Gasteiger partial charge on any atom is 0.434 e. The van der Waals surface area contributed by atoms with Gasteiger partial charge in [-0.3, -0.25) is 4.57 Å². The van der Waals surface area contributed by atoms with E-state index in [2.05, 4.69) is 4.98 Å². The quantitative estimate of drug-likeness (QED) is 0.611. The number of rotatable bonds is 3. The first-order valence-electron chi connectivity index (χ1n) is 7.70. The van der Waals surface area contributed by atoms with Gasteiger partial charge in [-0.2, -0.15) is 13.2 Å². The number of aryl methyl sites for hydroxylation is 1. The molecule has 4 nitrogen and oxygen atoms in total. The molecule has 3 rings (SSSR count). The molecule has 0 aliphatic rings. The van der Waals surface area contributed by atoms with Gasteiger partial charge < -0.3 is 0 Å². The zero-order valence-corrected chi connectivity index (χ0v) is 15.8. The average Bonchev–Trinajstić information content (AvgIpc) is 3.02. The fourth-order valence-corrected chi connectivity index (χ4v) is 3.31. The molecule has 0 bridgehead atoms. The van der Waals surface area contributed by atoms with E-state index >= 15 is 0 Å². The van der Waals surface area contributed by atoms with Crippen LogP contribution in [0.5, 0.6) is 0 Å². The molecule has 0 aliphatic carbocycles. The molecular weight excluding hydrogens is 401 g/mol. The van der Waals surface area contributed by atoms with Crippen molar-refractivity contribution in [2.24, 2.45) is 0 Å². The fourth-order valence-electron chi connectivity index (χ4n) is 2.50. The van der Waals surface area contributed by atoms with Crippen molar-refractivity contribution in [2.45, 2.75) is 18.0 Å². The minimum atomic E-state index is -4.62. The molecule has 0 aliphatic heterocycles.